The van der Waals surface area contributed by atoms with E-state index in [0.717, 1.165) is 19.3 Å². The first-order valence-electron chi connectivity index (χ1n) is 7.12. The molecule has 0 bridgehead atoms. The van der Waals surface area contributed by atoms with E-state index in [1.165, 1.54) is 11.1 Å². The number of aromatic nitrogens is 1. The average Bonchev–Trinajstić information content (AvgIpc) is 2.53. The molecular weight excluding hydrogens is 246 g/mol. The van der Waals surface area contributed by atoms with Crippen LogP contribution in [-0.2, 0) is 0 Å². The van der Waals surface area contributed by atoms with Gasteiger partial charge in [-0.2, -0.15) is 0 Å². The van der Waals surface area contributed by atoms with E-state index in [2.05, 4.69) is 35.3 Å². The van der Waals surface area contributed by atoms with Crippen molar-refractivity contribution in [3.05, 3.63) is 78.1 Å². The molecule has 1 aromatic heterocycles. The Kier molecular flexibility index (Phi) is 6.00. The van der Waals surface area contributed by atoms with Crippen molar-refractivity contribution in [3.8, 4) is 0 Å². The van der Waals surface area contributed by atoms with Crippen molar-refractivity contribution in [1.29, 1.82) is 0 Å². The van der Waals surface area contributed by atoms with Crippen molar-refractivity contribution >= 4 is 0 Å². The number of nitrogens with zero attached hydrogens (tertiary/aromatic N) is 1. The van der Waals surface area contributed by atoms with Gasteiger partial charge in [0.15, 0.2) is 0 Å². The van der Waals surface area contributed by atoms with Crippen LogP contribution in [0.5, 0.6) is 0 Å². The van der Waals surface area contributed by atoms with E-state index in [1.807, 2.05) is 36.7 Å². The molecule has 20 heavy (non-hydrogen) atoms. The zero-order chi connectivity index (χ0) is 14.0. The molecule has 1 unspecified atom stereocenters. The van der Waals surface area contributed by atoms with Crippen LogP contribution >= 0.6 is 0 Å². The largest absolute Gasteiger partial charge is 0.392 e. The van der Waals surface area contributed by atoms with Crippen LogP contribution in [0.4, 0.5) is 0 Å². The molecule has 0 saturated carbocycles. The van der Waals surface area contributed by atoms with E-state index in [9.17, 15) is 0 Å². The molecule has 2 aromatic rings. The monoisotopic (exact) mass is 267 g/mol. The highest BCUT2D eigenvalue weighted by molar-refractivity contribution is 5.30. The Balaban J connectivity index is 2.07. The summed E-state index contributed by atoms with van der Waals surface area (Å²) in [7, 11) is 0. The van der Waals surface area contributed by atoms with Crippen LogP contribution in [0, 0.1) is 0 Å². The second kappa shape index (κ2) is 8.28. The highest BCUT2D eigenvalue weighted by atomic mass is 16.2. The Morgan fingerprint density at radius 1 is 1.00 bits per heavy atom. The van der Waals surface area contributed by atoms with E-state index >= 15 is 0 Å². The Labute approximate surface area is 120 Å². The third kappa shape index (κ3) is 4.32. The first kappa shape index (κ1) is 14.5. The van der Waals surface area contributed by atoms with Crippen LogP contribution in [0.1, 0.15) is 36.3 Å². The summed E-state index contributed by atoms with van der Waals surface area (Å²) >= 11 is 0. The van der Waals surface area contributed by atoms with E-state index in [1.54, 1.807) is 0 Å². The summed E-state index contributed by atoms with van der Waals surface area (Å²) in [4.78, 5) is 4.24. The molecule has 0 amide bonds. The molecule has 104 valence electrons. The quantitative estimate of drug-likeness (QED) is 0.609. The van der Waals surface area contributed by atoms with Gasteiger partial charge in [-0.25, -0.2) is 0 Å². The highest BCUT2D eigenvalue weighted by Gasteiger charge is 2.13. The maximum absolute atomic E-state index is 8.74. The summed E-state index contributed by atoms with van der Waals surface area (Å²) in [6, 6.07) is 14.7. The molecule has 2 heteroatoms. The lowest BCUT2D eigenvalue weighted by Gasteiger charge is -2.17. The Bertz CT molecular complexity index is 468. The van der Waals surface area contributed by atoms with Crippen LogP contribution < -0.4 is 0 Å². The molecule has 2 nitrogen and oxygen atoms in total. The molecule has 1 atom stereocenters. The maximum Gasteiger partial charge on any atom is 0.0612 e. The number of hydrogen-bond acceptors (Lipinski definition) is 2. The number of aliphatic hydroxyl groups is 1. The summed E-state index contributed by atoms with van der Waals surface area (Å²) in [6.07, 6.45) is 10.8. The van der Waals surface area contributed by atoms with Gasteiger partial charge in [0.05, 0.1) is 6.61 Å². The van der Waals surface area contributed by atoms with Crippen molar-refractivity contribution in [3.63, 3.8) is 0 Å². The number of benzene rings is 1. The summed E-state index contributed by atoms with van der Waals surface area (Å²) in [5.41, 5.74) is 2.61. The summed E-state index contributed by atoms with van der Waals surface area (Å²) < 4.78 is 0. The highest BCUT2D eigenvalue weighted by Crippen LogP contribution is 2.29. The molecular formula is C18H21NO. The predicted octanol–water partition coefficient (Wildman–Crippen LogP) is 3.93. The van der Waals surface area contributed by atoms with Gasteiger partial charge < -0.3 is 5.11 Å². The second-order valence-corrected chi connectivity index (χ2v) is 4.83. The minimum Gasteiger partial charge on any atom is -0.392 e. The molecule has 0 aliphatic carbocycles. The fraction of sp³-hybridized carbons (Fsp3) is 0.278. The van der Waals surface area contributed by atoms with Gasteiger partial charge in [0.25, 0.3) is 0 Å². The molecule has 0 radical (unpaired) electrons. The second-order valence-electron chi connectivity index (χ2n) is 4.83. The van der Waals surface area contributed by atoms with Crippen molar-refractivity contribution in [2.75, 3.05) is 6.61 Å². The first-order chi connectivity index (χ1) is 9.92. The van der Waals surface area contributed by atoms with Gasteiger partial charge in [-0.1, -0.05) is 48.6 Å². The number of hydrogen-bond donors (Lipinski definition) is 1. The van der Waals surface area contributed by atoms with Crippen LogP contribution in [-0.4, -0.2) is 16.7 Å². The molecule has 1 heterocycles. The van der Waals surface area contributed by atoms with E-state index < -0.39 is 0 Å². The normalized spacial score (nSPS) is 12.7. The van der Waals surface area contributed by atoms with Gasteiger partial charge in [0, 0.05) is 18.3 Å². The molecule has 0 fully saturated rings. The third-order valence-corrected chi connectivity index (χ3v) is 3.42. The van der Waals surface area contributed by atoms with Crippen molar-refractivity contribution in [1.82, 2.24) is 4.98 Å². The fourth-order valence-corrected chi connectivity index (χ4v) is 2.43. The Morgan fingerprint density at radius 2 is 1.80 bits per heavy atom. The molecule has 2 rings (SSSR count). The van der Waals surface area contributed by atoms with Crippen molar-refractivity contribution in [2.45, 2.75) is 25.2 Å². The SMILES string of the molecule is OC/C=C/CCCC(c1ccccc1)c1cccnc1. The molecule has 0 saturated heterocycles. The van der Waals surface area contributed by atoms with E-state index in [4.69, 9.17) is 5.11 Å². The molecule has 1 N–H and O–H groups in total. The molecule has 0 aliphatic heterocycles. The van der Waals surface area contributed by atoms with Gasteiger partial charge in [-0.05, 0) is 36.5 Å². The predicted molar refractivity (Wildman–Crippen MR) is 82.6 cm³/mol. The fourth-order valence-electron chi connectivity index (χ4n) is 2.43. The molecule has 1 aromatic carbocycles. The Hall–Kier alpha value is -1.93. The zero-order valence-electron chi connectivity index (χ0n) is 11.7. The van der Waals surface area contributed by atoms with Crippen LogP contribution in [0.2, 0.25) is 0 Å². The summed E-state index contributed by atoms with van der Waals surface area (Å²) in [5, 5.41) is 8.74. The minimum atomic E-state index is 0.130. The maximum atomic E-state index is 8.74. The number of pyridine rings is 1. The van der Waals surface area contributed by atoms with Gasteiger partial charge in [0.2, 0.25) is 0 Å². The number of allylic oxidation sites excluding steroid dienone is 1. The minimum absolute atomic E-state index is 0.130. The lowest BCUT2D eigenvalue weighted by atomic mass is 9.88. The van der Waals surface area contributed by atoms with Gasteiger partial charge in [-0.15, -0.1) is 0 Å². The van der Waals surface area contributed by atoms with Crippen LogP contribution in [0.15, 0.2) is 67.0 Å². The summed E-state index contributed by atoms with van der Waals surface area (Å²) in [5.74, 6) is 0.396. The average molecular weight is 267 g/mol. The number of aliphatic hydroxyl groups excluding tert-OH is 1. The van der Waals surface area contributed by atoms with Crippen molar-refractivity contribution in [2.24, 2.45) is 0 Å². The molecule has 0 spiro atoms. The van der Waals surface area contributed by atoms with E-state index in [-0.39, 0.29) is 6.61 Å². The lowest BCUT2D eigenvalue weighted by Crippen LogP contribution is -2.01. The Morgan fingerprint density at radius 3 is 2.50 bits per heavy atom. The van der Waals surface area contributed by atoms with Crippen LogP contribution in [0.25, 0.3) is 0 Å². The van der Waals surface area contributed by atoms with Crippen LogP contribution in [0.3, 0.4) is 0 Å². The number of unbranched alkanes of at least 4 members (excludes halogenated alkanes) is 1. The molecule has 0 aliphatic rings. The van der Waals surface area contributed by atoms with Gasteiger partial charge in [-0.3, -0.25) is 4.98 Å². The van der Waals surface area contributed by atoms with Crippen molar-refractivity contribution < 1.29 is 5.11 Å². The third-order valence-electron chi connectivity index (χ3n) is 3.42. The zero-order valence-corrected chi connectivity index (χ0v) is 11.7. The topological polar surface area (TPSA) is 33.1 Å². The standard InChI is InChI=1S/C18H21NO/c20-14-7-2-1-6-12-18(16-9-4-3-5-10-16)17-11-8-13-19-15-17/h2-5,7-11,13,15,18,20H,1,6,12,14H2/b7-2+. The van der Waals surface area contributed by atoms with Gasteiger partial charge in [0.1, 0.15) is 0 Å². The lowest BCUT2D eigenvalue weighted by molar-refractivity contribution is 0.342. The first-order valence-corrected chi connectivity index (χ1v) is 7.12. The summed E-state index contributed by atoms with van der Waals surface area (Å²) in [6.45, 7) is 0.130. The number of rotatable bonds is 7. The van der Waals surface area contributed by atoms with E-state index in [0.29, 0.717) is 5.92 Å². The smallest absolute Gasteiger partial charge is 0.0612 e. The van der Waals surface area contributed by atoms with Gasteiger partial charge >= 0.3 is 0 Å².